The standard InChI is InChI=1S/C21H23ClN6O3/c1-30-16-7-6-13(10-17(16)31-2)8-9-24-19-18(23)20(26-12-25-19)27-28-21(29)14-4-3-5-15(22)11-14/h3-7,10-12H,8-9,23H2,1-2H3,(H,28,29)(H2,24,25,26,27). The lowest BCUT2D eigenvalue weighted by atomic mass is 10.1. The number of nitrogens with zero attached hydrogens (tertiary/aromatic N) is 2. The highest BCUT2D eigenvalue weighted by atomic mass is 35.5. The highest BCUT2D eigenvalue weighted by Gasteiger charge is 2.11. The van der Waals surface area contributed by atoms with Gasteiger partial charge < -0.3 is 20.5 Å². The molecule has 3 aromatic rings. The van der Waals surface area contributed by atoms with E-state index < -0.39 is 0 Å². The molecular weight excluding hydrogens is 420 g/mol. The van der Waals surface area contributed by atoms with Gasteiger partial charge in [0.25, 0.3) is 5.91 Å². The lowest BCUT2D eigenvalue weighted by Gasteiger charge is -2.14. The van der Waals surface area contributed by atoms with Crippen molar-refractivity contribution in [1.29, 1.82) is 0 Å². The number of benzene rings is 2. The summed E-state index contributed by atoms with van der Waals surface area (Å²) in [5.41, 5.74) is 13.1. The fourth-order valence-corrected chi connectivity index (χ4v) is 3.01. The van der Waals surface area contributed by atoms with Crippen LogP contribution in [0.25, 0.3) is 0 Å². The maximum atomic E-state index is 12.2. The second kappa shape index (κ2) is 10.4. The van der Waals surface area contributed by atoms with Gasteiger partial charge in [0, 0.05) is 17.1 Å². The summed E-state index contributed by atoms with van der Waals surface area (Å²) >= 11 is 5.91. The van der Waals surface area contributed by atoms with E-state index in [2.05, 4.69) is 26.1 Å². The van der Waals surface area contributed by atoms with Crippen LogP contribution in [0.3, 0.4) is 0 Å². The van der Waals surface area contributed by atoms with Gasteiger partial charge in [-0.25, -0.2) is 9.97 Å². The molecule has 0 unspecified atom stereocenters. The molecule has 1 aromatic heterocycles. The normalized spacial score (nSPS) is 10.3. The van der Waals surface area contributed by atoms with Gasteiger partial charge in [0.2, 0.25) is 0 Å². The van der Waals surface area contributed by atoms with Crippen LogP contribution in [0.1, 0.15) is 15.9 Å². The Labute approximate surface area is 184 Å². The Hall–Kier alpha value is -3.72. The Morgan fingerprint density at radius 2 is 1.84 bits per heavy atom. The van der Waals surface area contributed by atoms with E-state index in [-0.39, 0.29) is 17.4 Å². The number of methoxy groups -OCH3 is 2. The average molecular weight is 443 g/mol. The van der Waals surface area contributed by atoms with Crippen LogP contribution in [0.15, 0.2) is 48.8 Å². The van der Waals surface area contributed by atoms with Crippen molar-refractivity contribution in [2.45, 2.75) is 6.42 Å². The van der Waals surface area contributed by atoms with Crippen LogP contribution >= 0.6 is 11.6 Å². The van der Waals surface area contributed by atoms with Gasteiger partial charge in [-0.05, 0) is 42.3 Å². The molecule has 0 aliphatic heterocycles. The molecule has 0 aliphatic carbocycles. The second-order valence-corrected chi connectivity index (χ2v) is 6.88. The van der Waals surface area contributed by atoms with E-state index in [1.807, 2.05) is 18.2 Å². The largest absolute Gasteiger partial charge is 0.493 e. The first-order chi connectivity index (χ1) is 15.0. The van der Waals surface area contributed by atoms with Crippen molar-refractivity contribution in [3.63, 3.8) is 0 Å². The van der Waals surface area contributed by atoms with Crippen molar-refractivity contribution in [1.82, 2.24) is 15.4 Å². The number of carbonyl (C=O) groups excluding carboxylic acids is 1. The monoisotopic (exact) mass is 442 g/mol. The van der Waals surface area contributed by atoms with Crippen LogP contribution in [-0.4, -0.2) is 36.6 Å². The number of nitrogens with one attached hydrogen (secondary N) is 3. The molecule has 0 fully saturated rings. The van der Waals surface area contributed by atoms with Crippen LogP contribution < -0.4 is 31.4 Å². The van der Waals surface area contributed by atoms with E-state index in [9.17, 15) is 4.79 Å². The Morgan fingerprint density at radius 1 is 1.06 bits per heavy atom. The number of carbonyl (C=O) groups is 1. The Balaban J connectivity index is 1.58. The van der Waals surface area contributed by atoms with Gasteiger partial charge >= 0.3 is 0 Å². The molecule has 162 valence electrons. The van der Waals surface area contributed by atoms with Crippen LogP contribution in [0.2, 0.25) is 5.02 Å². The molecule has 10 heteroatoms. The zero-order valence-electron chi connectivity index (χ0n) is 17.1. The summed E-state index contributed by atoms with van der Waals surface area (Å²) < 4.78 is 10.6. The maximum Gasteiger partial charge on any atom is 0.269 e. The third-order valence-electron chi connectivity index (χ3n) is 4.42. The summed E-state index contributed by atoms with van der Waals surface area (Å²) in [6.45, 7) is 0.574. The molecular formula is C21H23ClN6O3. The predicted octanol–water partition coefficient (Wildman–Crippen LogP) is 3.14. The van der Waals surface area contributed by atoms with E-state index in [0.717, 1.165) is 5.56 Å². The molecule has 5 N–H and O–H groups in total. The predicted molar refractivity (Wildman–Crippen MR) is 121 cm³/mol. The van der Waals surface area contributed by atoms with Crippen molar-refractivity contribution >= 4 is 34.8 Å². The number of hydrogen-bond donors (Lipinski definition) is 4. The molecule has 9 nitrogen and oxygen atoms in total. The lowest BCUT2D eigenvalue weighted by molar-refractivity contribution is 0.0962. The zero-order chi connectivity index (χ0) is 22.2. The van der Waals surface area contributed by atoms with E-state index >= 15 is 0 Å². The minimum Gasteiger partial charge on any atom is -0.493 e. The molecule has 0 radical (unpaired) electrons. The molecule has 0 atom stereocenters. The molecule has 3 rings (SSSR count). The zero-order valence-corrected chi connectivity index (χ0v) is 17.9. The van der Waals surface area contributed by atoms with Gasteiger partial charge in [0.1, 0.15) is 12.0 Å². The summed E-state index contributed by atoms with van der Waals surface area (Å²) in [7, 11) is 3.20. The van der Waals surface area contributed by atoms with E-state index in [1.165, 1.54) is 6.33 Å². The van der Waals surface area contributed by atoms with Crippen LogP contribution in [-0.2, 0) is 6.42 Å². The van der Waals surface area contributed by atoms with Crippen molar-refractivity contribution < 1.29 is 14.3 Å². The van der Waals surface area contributed by atoms with Crippen molar-refractivity contribution in [2.75, 3.05) is 37.2 Å². The van der Waals surface area contributed by atoms with Crippen molar-refractivity contribution in [2.24, 2.45) is 0 Å². The Kier molecular flexibility index (Phi) is 7.34. The molecule has 0 spiro atoms. The third-order valence-corrected chi connectivity index (χ3v) is 4.65. The number of rotatable bonds is 9. The average Bonchev–Trinajstić information content (AvgIpc) is 2.79. The van der Waals surface area contributed by atoms with Gasteiger partial charge in [-0.15, -0.1) is 0 Å². The van der Waals surface area contributed by atoms with Gasteiger partial charge in [-0.2, -0.15) is 0 Å². The summed E-state index contributed by atoms with van der Waals surface area (Å²) in [5, 5.41) is 3.64. The number of aromatic nitrogens is 2. The minimum absolute atomic E-state index is 0.277. The fourth-order valence-electron chi connectivity index (χ4n) is 2.82. The van der Waals surface area contributed by atoms with Gasteiger partial charge in [0.05, 0.1) is 14.2 Å². The molecule has 1 amide bonds. The molecule has 0 saturated carbocycles. The number of nitrogen functional groups attached to an aromatic ring is 1. The number of hydrazine groups is 1. The number of anilines is 3. The topological polar surface area (TPSA) is 123 Å². The van der Waals surface area contributed by atoms with Gasteiger partial charge in [-0.1, -0.05) is 23.7 Å². The first-order valence-electron chi connectivity index (χ1n) is 9.39. The molecule has 1 heterocycles. The summed E-state index contributed by atoms with van der Waals surface area (Å²) in [6, 6.07) is 12.3. The van der Waals surface area contributed by atoms with E-state index in [4.69, 9.17) is 26.8 Å². The van der Waals surface area contributed by atoms with Gasteiger partial charge in [0.15, 0.2) is 23.1 Å². The summed E-state index contributed by atoms with van der Waals surface area (Å²) in [5.74, 6) is 1.70. The minimum atomic E-state index is -0.372. The Morgan fingerprint density at radius 3 is 2.58 bits per heavy atom. The highest BCUT2D eigenvalue weighted by Crippen LogP contribution is 2.28. The molecule has 2 aromatic carbocycles. The van der Waals surface area contributed by atoms with Crippen LogP contribution in [0, 0.1) is 0 Å². The quantitative estimate of drug-likeness (QED) is 0.373. The first kappa shape index (κ1) is 22.0. The number of hydrogen-bond acceptors (Lipinski definition) is 8. The van der Waals surface area contributed by atoms with Crippen molar-refractivity contribution in [3.05, 3.63) is 64.9 Å². The van der Waals surface area contributed by atoms with Gasteiger partial charge in [-0.3, -0.25) is 15.6 Å². The highest BCUT2D eigenvalue weighted by molar-refractivity contribution is 6.30. The number of amides is 1. The number of halogens is 1. The first-order valence-corrected chi connectivity index (χ1v) is 9.76. The lowest BCUT2D eigenvalue weighted by Crippen LogP contribution is -2.30. The molecule has 0 saturated heterocycles. The van der Waals surface area contributed by atoms with E-state index in [0.29, 0.717) is 40.9 Å². The number of nitrogens with two attached hydrogens (primary N) is 1. The van der Waals surface area contributed by atoms with Crippen LogP contribution in [0.5, 0.6) is 11.5 Å². The molecule has 31 heavy (non-hydrogen) atoms. The summed E-state index contributed by atoms with van der Waals surface area (Å²) in [4.78, 5) is 20.5. The van der Waals surface area contributed by atoms with E-state index in [1.54, 1.807) is 38.5 Å². The number of ether oxygens (including phenoxy) is 2. The summed E-state index contributed by atoms with van der Waals surface area (Å²) in [6.07, 6.45) is 2.06. The maximum absolute atomic E-state index is 12.2. The fraction of sp³-hybridized carbons (Fsp3) is 0.190. The smallest absolute Gasteiger partial charge is 0.269 e. The van der Waals surface area contributed by atoms with Crippen molar-refractivity contribution in [3.8, 4) is 11.5 Å². The molecule has 0 aliphatic rings. The second-order valence-electron chi connectivity index (χ2n) is 6.44. The third kappa shape index (κ3) is 5.67. The Bertz CT molecular complexity index is 1060. The SMILES string of the molecule is COc1ccc(CCNc2ncnc(NNC(=O)c3cccc(Cl)c3)c2N)cc1OC. The molecule has 0 bridgehead atoms. The van der Waals surface area contributed by atoms with Crippen LogP contribution in [0.4, 0.5) is 17.3 Å².